The Labute approximate surface area is 165 Å². The van der Waals surface area contributed by atoms with Gasteiger partial charge in [0.05, 0.1) is 19.3 Å². The molecule has 0 aromatic heterocycles. The lowest BCUT2D eigenvalue weighted by Crippen LogP contribution is -2.59. The molecule has 0 amide bonds. The SMILES string of the molecule is CC(=O)O[C@H]1OC(C)[C@H](OCc2ccccc2)[C@H](OCc2ccccc2)C1O. The number of aliphatic hydroxyl groups excluding tert-OH is 1. The summed E-state index contributed by atoms with van der Waals surface area (Å²) in [6.45, 7) is 3.75. The van der Waals surface area contributed by atoms with Gasteiger partial charge in [-0.15, -0.1) is 0 Å². The third kappa shape index (κ3) is 5.39. The maximum absolute atomic E-state index is 11.4. The van der Waals surface area contributed by atoms with Crippen molar-refractivity contribution in [1.82, 2.24) is 0 Å². The molecule has 2 aromatic carbocycles. The molecule has 0 bridgehead atoms. The zero-order chi connectivity index (χ0) is 19.9. The van der Waals surface area contributed by atoms with Gasteiger partial charge in [-0.1, -0.05) is 60.7 Å². The van der Waals surface area contributed by atoms with E-state index in [0.717, 1.165) is 11.1 Å². The summed E-state index contributed by atoms with van der Waals surface area (Å²) in [7, 11) is 0. The smallest absolute Gasteiger partial charge is 0.305 e. The monoisotopic (exact) mass is 386 g/mol. The molecule has 5 atom stereocenters. The Hall–Kier alpha value is -2.25. The second kappa shape index (κ2) is 9.80. The molecule has 2 unspecified atom stereocenters. The molecular weight excluding hydrogens is 360 g/mol. The Bertz CT molecular complexity index is 735. The summed E-state index contributed by atoms with van der Waals surface area (Å²) >= 11 is 0. The molecule has 2 aromatic rings. The van der Waals surface area contributed by atoms with Crippen molar-refractivity contribution in [3.63, 3.8) is 0 Å². The molecule has 0 radical (unpaired) electrons. The maximum atomic E-state index is 11.4. The number of carbonyl (C=O) groups is 1. The second-order valence-corrected chi connectivity index (χ2v) is 6.83. The molecule has 1 saturated heterocycles. The molecule has 0 saturated carbocycles. The largest absolute Gasteiger partial charge is 0.433 e. The van der Waals surface area contributed by atoms with E-state index >= 15 is 0 Å². The minimum Gasteiger partial charge on any atom is -0.433 e. The van der Waals surface area contributed by atoms with E-state index in [4.69, 9.17) is 18.9 Å². The van der Waals surface area contributed by atoms with Gasteiger partial charge in [0.15, 0.2) is 0 Å². The lowest BCUT2D eigenvalue weighted by molar-refractivity contribution is -0.301. The number of hydrogen-bond donors (Lipinski definition) is 1. The van der Waals surface area contributed by atoms with Gasteiger partial charge in [-0.3, -0.25) is 4.79 Å². The van der Waals surface area contributed by atoms with E-state index in [0.29, 0.717) is 13.2 Å². The fraction of sp³-hybridized carbons (Fsp3) is 0.409. The van der Waals surface area contributed by atoms with Crippen LogP contribution in [-0.4, -0.2) is 41.8 Å². The molecule has 0 aliphatic carbocycles. The zero-order valence-corrected chi connectivity index (χ0v) is 16.1. The minimum absolute atomic E-state index is 0.299. The first-order valence-electron chi connectivity index (χ1n) is 9.36. The van der Waals surface area contributed by atoms with Crippen LogP contribution in [0.1, 0.15) is 25.0 Å². The standard InChI is InChI=1S/C22H26O6/c1-15-20(25-13-17-9-5-3-6-10-17)21(19(24)22(27-15)28-16(2)23)26-14-18-11-7-4-8-12-18/h3-12,15,19-22,24H,13-14H2,1-2H3/t15?,19?,20-,21+,22+/m0/s1. The third-order valence-corrected chi connectivity index (χ3v) is 4.60. The van der Waals surface area contributed by atoms with E-state index in [-0.39, 0.29) is 0 Å². The topological polar surface area (TPSA) is 74.2 Å². The van der Waals surface area contributed by atoms with E-state index in [2.05, 4.69) is 0 Å². The summed E-state index contributed by atoms with van der Waals surface area (Å²) in [6, 6.07) is 19.4. The van der Waals surface area contributed by atoms with Crippen molar-refractivity contribution >= 4 is 5.97 Å². The average molecular weight is 386 g/mol. The summed E-state index contributed by atoms with van der Waals surface area (Å²) in [5, 5.41) is 10.7. The Balaban J connectivity index is 1.72. The van der Waals surface area contributed by atoms with E-state index in [1.807, 2.05) is 67.6 Å². The molecule has 3 rings (SSSR count). The number of aliphatic hydroxyl groups is 1. The molecule has 28 heavy (non-hydrogen) atoms. The van der Waals surface area contributed by atoms with Gasteiger partial charge >= 0.3 is 5.97 Å². The van der Waals surface area contributed by atoms with Gasteiger partial charge in [0, 0.05) is 6.92 Å². The number of ether oxygens (including phenoxy) is 4. The number of rotatable bonds is 7. The van der Waals surface area contributed by atoms with Crippen molar-refractivity contribution in [2.45, 2.75) is 57.8 Å². The van der Waals surface area contributed by atoms with Gasteiger partial charge < -0.3 is 24.1 Å². The van der Waals surface area contributed by atoms with Gasteiger partial charge in [0.25, 0.3) is 0 Å². The highest BCUT2D eigenvalue weighted by Gasteiger charge is 2.46. The average Bonchev–Trinajstić information content (AvgIpc) is 2.69. The summed E-state index contributed by atoms with van der Waals surface area (Å²) in [5.41, 5.74) is 1.98. The second-order valence-electron chi connectivity index (χ2n) is 6.83. The lowest BCUT2D eigenvalue weighted by Gasteiger charge is -2.42. The van der Waals surface area contributed by atoms with E-state index in [1.54, 1.807) is 0 Å². The van der Waals surface area contributed by atoms with Gasteiger partial charge in [0.2, 0.25) is 6.29 Å². The first kappa shape index (κ1) is 20.5. The zero-order valence-electron chi connectivity index (χ0n) is 16.1. The van der Waals surface area contributed by atoms with Gasteiger partial charge in [-0.25, -0.2) is 0 Å². The predicted octanol–water partition coefficient (Wildman–Crippen LogP) is 2.83. The molecule has 6 nitrogen and oxygen atoms in total. The number of hydrogen-bond acceptors (Lipinski definition) is 6. The lowest BCUT2D eigenvalue weighted by atomic mass is 9.99. The van der Waals surface area contributed by atoms with Crippen molar-refractivity contribution in [1.29, 1.82) is 0 Å². The number of carbonyl (C=O) groups excluding carboxylic acids is 1. The van der Waals surface area contributed by atoms with Crippen LogP contribution in [0.2, 0.25) is 0 Å². The van der Waals surface area contributed by atoms with Gasteiger partial charge in [-0.05, 0) is 18.1 Å². The fourth-order valence-corrected chi connectivity index (χ4v) is 3.20. The predicted molar refractivity (Wildman–Crippen MR) is 102 cm³/mol. The maximum Gasteiger partial charge on any atom is 0.305 e. The Morgan fingerprint density at radius 3 is 1.93 bits per heavy atom. The van der Waals surface area contributed by atoms with E-state index < -0.39 is 36.7 Å². The molecule has 1 fully saturated rings. The number of benzene rings is 2. The van der Waals surface area contributed by atoms with Crippen LogP contribution in [0.5, 0.6) is 0 Å². The molecule has 1 aliphatic rings. The van der Waals surface area contributed by atoms with E-state index in [9.17, 15) is 9.90 Å². The first-order chi connectivity index (χ1) is 13.5. The highest BCUT2D eigenvalue weighted by molar-refractivity contribution is 5.66. The van der Waals surface area contributed by atoms with Gasteiger partial charge in [-0.2, -0.15) is 0 Å². The van der Waals surface area contributed by atoms with Crippen LogP contribution in [0, 0.1) is 0 Å². The molecule has 150 valence electrons. The molecule has 6 heteroatoms. The third-order valence-electron chi connectivity index (χ3n) is 4.60. The van der Waals surface area contributed by atoms with Crippen LogP contribution < -0.4 is 0 Å². The van der Waals surface area contributed by atoms with Crippen LogP contribution in [0.3, 0.4) is 0 Å². The van der Waals surface area contributed by atoms with Crippen LogP contribution in [0.4, 0.5) is 0 Å². The van der Waals surface area contributed by atoms with E-state index in [1.165, 1.54) is 6.92 Å². The number of esters is 1. The van der Waals surface area contributed by atoms with Crippen LogP contribution in [-0.2, 0) is 37.0 Å². The van der Waals surface area contributed by atoms with Crippen molar-refractivity contribution in [3.05, 3.63) is 71.8 Å². The van der Waals surface area contributed by atoms with Crippen LogP contribution in [0.25, 0.3) is 0 Å². The Morgan fingerprint density at radius 1 is 0.929 bits per heavy atom. The molecule has 1 aliphatic heterocycles. The minimum atomic E-state index is -1.16. The van der Waals surface area contributed by atoms with Crippen LogP contribution in [0.15, 0.2) is 60.7 Å². The van der Waals surface area contributed by atoms with Crippen molar-refractivity contribution in [2.24, 2.45) is 0 Å². The van der Waals surface area contributed by atoms with Gasteiger partial charge in [0.1, 0.15) is 18.3 Å². The summed E-state index contributed by atoms with van der Waals surface area (Å²) in [6.07, 6.45) is -3.92. The highest BCUT2D eigenvalue weighted by atomic mass is 16.7. The fourth-order valence-electron chi connectivity index (χ4n) is 3.20. The molecular formula is C22H26O6. The molecule has 1 N–H and O–H groups in total. The summed E-state index contributed by atoms with van der Waals surface area (Å²) < 4.78 is 22.9. The van der Waals surface area contributed by atoms with Crippen molar-refractivity contribution in [2.75, 3.05) is 0 Å². The first-order valence-corrected chi connectivity index (χ1v) is 9.36. The summed E-state index contributed by atoms with van der Waals surface area (Å²) in [5.74, 6) is -0.526. The molecule has 1 heterocycles. The Kier molecular flexibility index (Phi) is 7.17. The van der Waals surface area contributed by atoms with Crippen molar-refractivity contribution in [3.8, 4) is 0 Å². The Morgan fingerprint density at radius 2 is 1.43 bits per heavy atom. The highest BCUT2D eigenvalue weighted by Crippen LogP contribution is 2.28. The van der Waals surface area contributed by atoms with Crippen molar-refractivity contribution < 1.29 is 28.8 Å². The van der Waals surface area contributed by atoms with Crippen LogP contribution >= 0.6 is 0 Å². The molecule has 0 spiro atoms. The quantitative estimate of drug-likeness (QED) is 0.738. The normalized spacial score (nSPS) is 27.3. The summed E-state index contributed by atoms with van der Waals surface area (Å²) in [4.78, 5) is 11.4.